The minimum Gasteiger partial charge on any atom is -0.481 e. The van der Waals surface area contributed by atoms with E-state index in [4.69, 9.17) is 5.11 Å². The van der Waals surface area contributed by atoms with E-state index in [1.54, 1.807) is 12.1 Å². The number of Topliss-reactive ketones (excluding diaryl/α,β-unsaturated/α-hetero) is 1. The van der Waals surface area contributed by atoms with E-state index in [-0.39, 0.29) is 37.0 Å². The molecule has 2 N–H and O–H groups in total. The van der Waals surface area contributed by atoms with Crippen LogP contribution in [0.25, 0.3) is 0 Å². The van der Waals surface area contributed by atoms with Crippen LogP contribution in [0, 0.1) is 6.92 Å². The van der Waals surface area contributed by atoms with Crippen LogP contribution in [0.1, 0.15) is 47.2 Å². The van der Waals surface area contributed by atoms with Gasteiger partial charge in [0.25, 0.3) is 0 Å². The van der Waals surface area contributed by atoms with E-state index in [0.29, 0.717) is 18.4 Å². The van der Waals surface area contributed by atoms with Crippen LogP contribution in [-0.2, 0) is 16.0 Å². The van der Waals surface area contributed by atoms with Crippen molar-refractivity contribution in [1.82, 2.24) is 5.32 Å². The number of aryl methyl sites for hydroxylation is 1. The first kappa shape index (κ1) is 20.4. The van der Waals surface area contributed by atoms with Gasteiger partial charge in [-0.15, -0.1) is 0 Å². The summed E-state index contributed by atoms with van der Waals surface area (Å²) in [4.78, 5) is 35.3. The fourth-order valence-electron chi connectivity index (χ4n) is 2.83. The Hall–Kier alpha value is -2.95. The van der Waals surface area contributed by atoms with Crippen molar-refractivity contribution in [3.63, 3.8) is 0 Å². The van der Waals surface area contributed by atoms with Crippen LogP contribution >= 0.6 is 0 Å². The fraction of sp³-hybridized carbons (Fsp3) is 0.318. The zero-order valence-corrected chi connectivity index (χ0v) is 15.5. The normalized spacial score (nSPS) is 11.6. The van der Waals surface area contributed by atoms with Crippen LogP contribution in [0.5, 0.6) is 0 Å². The summed E-state index contributed by atoms with van der Waals surface area (Å²) in [5.41, 5.74) is 2.70. The summed E-state index contributed by atoms with van der Waals surface area (Å²) >= 11 is 0. The average molecular weight is 367 g/mol. The molecule has 27 heavy (non-hydrogen) atoms. The number of benzene rings is 2. The molecule has 0 aliphatic heterocycles. The van der Waals surface area contributed by atoms with Crippen LogP contribution in [-0.4, -0.2) is 28.8 Å². The van der Waals surface area contributed by atoms with E-state index in [1.807, 2.05) is 49.4 Å². The van der Waals surface area contributed by atoms with Crippen molar-refractivity contribution in [2.45, 2.75) is 45.1 Å². The second-order valence-corrected chi connectivity index (χ2v) is 6.68. The number of carbonyl (C=O) groups excluding carboxylic acids is 2. The first-order chi connectivity index (χ1) is 12.9. The van der Waals surface area contributed by atoms with Gasteiger partial charge >= 0.3 is 5.97 Å². The highest BCUT2D eigenvalue weighted by atomic mass is 16.4. The molecule has 0 aromatic heterocycles. The number of ketones is 1. The number of hydrogen-bond donors (Lipinski definition) is 2. The molecule has 1 amide bonds. The summed E-state index contributed by atoms with van der Waals surface area (Å²) < 4.78 is 0. The van der Waals surface area contributed by atoms with Gasteiger partial charge in [0.05, 0.1) is 0 Å². The van der Waals surface area contributed by atoms with Gasteiger partial charge in [0.15, 0.2) is 5.78 Å². The molecule has 0 heterocycles. The average Bonchev–Trinajstić information content (AvgIpc) is 2.65. The topological polar surface area (TPSA) is 83.5 Å². The first-order valence-electron chi connectivity index (χ1n) is 9.09. The number of carboxylic acids is 1. The zero-order valence-electron chi connectivity index (χ0n) is 15.5. The number of aliphatic carboxylic acids is 1. The molecule has 5 nitrogen and oxygen atoms in total. The van der Waals surface area contributed by atoms with Gasteiger partial charge in [0.1, 0.15) is 0 Å². The highest BCUT2D eigenvalue weighted by Gasteiger charge is 2.16. The zero-order chi connectivity index (χ0) is 19.6. The third-order valence-electron chi connectivity index (χ3n) is 4.35. The predicted molar refractivity (Wildman–Crippen MR) is 104 cm³/mol. The number of carbonyl (C=O) groups is 3. The van der Waals surface area contributed by atoms with Gasteiger partial charge in [-0.25, -0.2) is 0 Å². The largest absolute Gasteiger partial charge is 0.481 e. The van der Waals surface area contributed by atoms with E-state index >= 15 is 0 Å². The highest BCUT2D eigenvalue weighted by molar-refractivity contribution is 5.98. The number of carboxylic acid groups (broad SMARTS) is 1. The summed E-state index contributed by atoms with van der Waals surface area (Å²) in [6.07, 6.45) is 1.12. The molecule has 0 spiro atoms. The monoisotopic (exact) mass is 367 g/mol. The lowest BCUT2D eigenvalue weighted by Crippen LogP contribution is -2.37. The Morgan fingerprint density at radius 1 is 0.926 bits per heavy atom. The second-order valence-electron chi connectivity index (χ2n) is 6.68. The molecule has 0 bridgehead atoms. The van der Waals surface area contributed by atoms with Crippen LogP contribution in [0.15, 0.2) is 54.6 Å². The fourth-order valence-corrected chi connectivity index (χ4v) is 2.83. The number of nitrogens with one attached hydrogen (secondary N) is 1. The van der Waals surface area contributed by atoms with Crippen molar-refractivity contribution in [1.29, 1.82) is 0 Å². The Morgan fingerprint density at radius 2 is 1.59 bits per heavy atom. The lowest BCUT2D eigenvalue weighted by Gasteiger charge is -2.18. The maximum atomic E-state index is 12.3. The highest BCUT2D eigenvalue weighted by Crippen LogP contribution is 2.10. The van der Waals surface area contributed by atoms with Crippen LogP contribution < -0.4 is 5.32 Å². The lowest BCUT2D eigenvalue weighted by atomic mass is 10.0. The quantitative estimate of drug-likeness (QED) is 0.629. The molecule has 1 atom stereocenters. The molecule has 2 aromatic rings. The van der Waals surface area contributed by atoms with Gasteiger partial charge in [0, 0.05) is 30.9 Å². The van der Waals surface area contributed by atoms with Gasteiger partial charge in [-0.3, -0.25) is 14.4 Å². The Bertz CT molecular complexity index is 769. The van der Waals surface area contributed by atoms with Crippen molar-refractivity contribution in [3.05, 3.63) is 71.3 Å². The van der Waals surface area contributed by atoms with Crippen LogP contribution in [0.4, 0.5) is 0 Å². The van der Waals surface area contributed by atoms with E-state index in [2.05, 4.69) is 5.32 Å². The van der Waals surface area contributed by atoms with Crippen molar-refractivity contribution in [3.8, 4) is 0 Å². The summed E-state index contributed by atoms with van der Waals surface area (Å²) in [5.74, 6) is -1.20. The van der Waals surface area contributed by atoms with Crippen LogP contribution in [0.3, 0.4) is 0 Å². The summed E-state index contributed by atoms with van der Waals surface area (Å²) in [6.45, 7) is 1.95. The van der Waals surface area contributed by atoms with Gasteiger partial charge in [-0.05, 0) is 25.3 Å². The number of hydrogen-bond acceptors (Lipinski definition) is 3. The minimum absolute atomic E-state index is 0.0138. The molecular formula is C22H25NO4. The molecule has 0 aliphatic rings. The van der Waals surface area contributed by atoms with Gasteiger partial charge in [-0.2, -0.15) is 0 Å². The predicted octanol–water partition coefficient (Wildman–Crippen LogP) is 3.55. The molecular weight excluding hydrogens is 342 g/mol. The van der Waals surface area contributed by atoms with Crippen molar-refractivity contribution < 1.29 is 19.5 Å². The van der Waals surface area contributed by atoms with E-state index in [1.165, 1.54) is 0 Å². The summed E-state index contributed by atoms with van der Waals surface area (Å²) in [5, 5.41) is 11.8. The van der Waals surface area contributed by atoms with E-state index in [9.17, 15) is 14.4 Å². The molecule has 142 valence electrons. The van der Waals surface area contributed by atoms with Crippen molar-refractivity contribution >= 4 is 17.7 Å². The van der Waals surface area contributed by atoms with Gasteiger partial charge in [-0.1, -0.05) is 60.2 Å². The lowest BCUT2D eigenvalue weighted by molar-refractivity contribution is -0.137. The summed E-state index contributed by atoms with van der Waals surface area (Å²) in [6, 6.07) is 16.6. The smallest absolute Gasteiger partial charge is 0.303 e. The number of amides is 1. The SMILES string of the molecule is Cc1ccc(C(=O)CCC(=O)NC(CCC(=O)O)Cc2ccccc2)cc1. The maximum absolute atomic E-state index is 12.3. The van der Waals surface area contributed by atoms with E-state index in [0.717, 1.165) is 11.1 Å². The van der Waals surface area contributed by atoms with Crippen molar-refractivity contribution in [2.24, 2.45) is 0 Å². The molecule has 5 heteroatoms. The molecule has 0 radical (unpaired) electrons. The van der Waals surface area contributed by atoms with Crippen molar-refractivity contribution in [2.75, 3.05) is 0 Å². The van der Waals surface area contributed by atoms with Crippen LogP contribution in [0.2, 0.25) is 0 Å². The Morgan fingerprint density at radius 3 is 2.22 bits per heavy atom. The second kappa shape index (κ2) is 10.3. The van der Waals surface area contributed by atoms with Gasteiger partial charge < -0.3 is 10.4 Å². The summed E-state index contributed by atoms with van der Waals surface area (Å²) in [7, 11) is 0. The first-order valence-corrected chi connectivity index (χ1v) is 9.09. The molecule has 2 aromatic carbocycles. The molecule has 2 rings (SSSR count). The Balaban J connectivity index is 1.88. The Labute approximate surface area is 159 Å². The number of rotatable bonds is 10. The van der Waals surface area contributed by atoms with Gasteiger partial charge in [0.2, 0.25) is 5.91 Å². The maximum Gasteiger partial charge on any atom is 0.303 e. The molecule has 0 aliphatic carbocycles. The van der Waals surface area contributed by atoms with E-state index < -0.39 is 5.97 Å². The Kier molecular flexibility index (Phi) is 7.74. The minimum atomic E-state index is -0.892. The molecule has 0 fully saturated rings. The standard InChI is InChI=1S/C22H25NO4/c1-16-7-9-18(10-8-16)20(24)12-13-21(25)23-19(11-14-22(26)27)15-17-5-3-2-4-6-17/h2-10,19H,11-15H2,1H3,(H,23,25)(H,26,27). The molecule has 0 saturated carbocycles. The molecule has 0 saturated heterocycles. The molecule has 1 unspecified atom stereocenters. The third kappa shape index (κ3) is 7.44. The third-order valence-corrected chi connectivity index (χ3v) is 4.35.